The number of amidine groups is 1. The zero-order valence-corrected chi connectivity index (χ0v) is 17.1. The number of benzene rings is 2. The van der Waals surface area contributed by atoms with Gasteiger partial charge in [0.2, 0.25) is 5.91 Å². The van der Waals surface area contributed by atoms with Gasteiger partial charge in [0.1, 0.15) is 11.9 Å². The molecule has 1 atom stereocenters. The summed E-state index contributed by atoms with van der Waals surface area (Å²) in [6.07, 6.45) is 1.26. The maximum absolute atomic E-state index is 11.7. The van der Waals surface area contributed by atoms with Crippen LogP contribution in [0.5, 0.6) is 11.5 Å². The largest absolute Gasteiger partial charge is 0.490 e. The molecular formula is C21H21N3O5S. The fraction of sp³-hybridized carbons (Fsp3) is 0.238. The minimum absolute atomic E-state index is 0.263. The van der Waals surface area contributed by atoms with Gasteiger partial charge in [-0.15, -0.1) is 5.10 Å². The predicted octanol–water partition coefficient (Wildman–Crippen LogP) is 3.06. The monoisotopic (exact) mass is 427 g/mol. The third-order valence-corrected chi connectivity index (χ3v) is 5.07. The molecule has 2 N–H and O–H groups in total. The fourth-order valence-electron chi connectivity index (χ4n) is 2.62. The highest BCUT2D eigenvalue weighted by molar-refractivity contribution is 8.15. The summed E-state index contributed by atoms with van der Waals surface area (Å²) >= 11 is 1.05. The van der Waals surface area contributed by atoms with E-state index in [0.717, 1.165) is 22.9 Å². The van der Waals surface area contributed by atoms with Crippen LogP contribution in [0.4, 0.5) is 0 Å². The number of amides is 1. The first-order chi connectivity index (χ1) is 14.5. The van der Waals surface area contributed by atoms with Crippen molar-refractivity contribution >= 4 is 35.0 Å². The van der Waals surface area contributed by atoms with Gasteiger partial charge >= 0.3 is 5.97 Å². The van der Waals surface area contributed by atoms with E-state index in [4.69, 9.17) is 14.6 Å². The molecule has 0 spiro atoms. The number of hydrogen-bond acceptors (Lipinski definition) is 7. The van der Waals surface area contributed by atoms with Crippen LogP contribution in [0.15, 0.2) is 58.7 Å². The molecule has 3 rings (SSSR count). The van der Waals surface area contributed by atoms with E-state index in [9.17, 15) is 9.59 Å². The predicted molar refractivity (Wildman–Crippen MR) is 115 cm³/mol. The molecule has 2 aromatic rings. The summed E-state index contributed by atoms with van der Waals surface area (Å²) in [5.74, 6) is -0.199. The van der Waals surface area contributed by atoms with E-state index in [1.165, 1.54) is 6.21 Å². The van der Waals surface area contributed by atoms with E-state index >= 15 is 0 Å². The Morgan fingerprint density at radius 2 is 2.00 bits per heavy atom. The molecular weight excluding hydrogens is 406 g/mol. The number of carboxylic acids is 1. The Balaban J connectivity index is 1.65. The molecule has 1 fully saturated rings. The summed E-state index contributed by atoms with van der Waals surface area (Å²) in [4.78, 5) is 22.5. The first-order valence-electron chi connectivity index (χ1n) is 9.29. The van der Waals surface area contributed by atoms with Gasteiger partial charge in [-0.3, -0.25) is 9.59 Å². The highest BCUT2D eigenvalue weighted by Crippen LogP contribution is 2.29. The third-order valence-electron chi connectivity index (χ3n) is 4.00. The number of carboxylic acid groups (broad SMARTS) is 1. The second-order valence-electron chi connectivity index (χ2n) is 6.26. The average Bonchev–Trinajstić information content (AvgIpc) is 3.07. The van der Waals surface area contributed by atoms with Crippen LogP contribution in [-0.4, -0.2) is 40.2 Å². The molecule has 0 aromatic heterocycles. The Morgan fingerprint density at radius 1 is 1.20 bits per heavy atom. The molecule has 1 heterocycles. The molecule has 1 saturated heterocycles. The standard InChI is InChI=1S/C21H21N3O5S/c1-2-28-17-10-15(8-9-16(17)29-13-14-6-4-3-5-7-14)12-22-24-21-23-20(27)18(30-21)11-19(25)26/h3-10,12,18H,2,11,13H2,1H3,(H,25,26)(H,23,24,27)/b22-12-/t18-/m0/s1. The molecule has 2 aromatic carbocycles. The van der Waals surface area contributed by atoms with Crippen molar-refractivity contribution in [3.05, 3.63) is 59.7 Å². The number of hydrogen-bond donors (Lipinski definition) is 2. The topological polar surface area (TPSA) is 110 Å². The van der Waals surface area contributed by atoms with Crippen LogP contribution < -0.4 is 14.8 Å². The molecule has 1 amide bonds. The summed E-state index contributed by atoms with van der Waals surface area (Å²) < 4.78 is 11.5. The molecule has 0 saturated carbocycles. The van der Waals surface area contributed by atoms with Crippen molar-refractivity contribution in [1.29, 1.82) is 0 Å². The number of thioether (sulfide) groups is 1. The molecule has 9 heteroatoms. The average molecular weight is 427 g/mol. The van der Waals surface area contributed by atoms with Crippen molar-refractivity contribution in [3.63, 3.8) is 0 Å². The molecule has 0 unspecified atom stereocenters. The van der Waals surface area contributed by atoms with Crippen LogP contribution in [0.1, 0.15) is 24.5 Å². The van der Waals surface area contributed by atoms with E-state index in [0.29, 0.717) is 24.7 Å². The van der Waals surface area contributed by atoms with Crippen molar-refractivity contribution < 1.29 is 24.2 Å². The number of rotatable bonds is 9. The molecule has 8 nitrogen and oxygen atoms in total. The van der Waals surface area contributed by atoms with Crippen molar-refractivity contribution in [2.24, 2.45) is 10.2 Å². The minimum atomic E-state index is -1.04. The first-order valence-corrected chi connectivity index (χ1v) is 10.2. The lowest BCUT2D eigenvalue weighted by molar-refractivity contribution is -0.138. The maximum atomic E-state index is 11.7. The molecule has 30 heavy (non-hydrogen) atoms. The Bertz CT molecular complexity index is 962. The third kappa shape index (κ3) is 6.08. The maximum Gasteiger partial charge on any atom is 0.305 e. The summed E-state index contributed by atoms with van der Waals surface area (Å²) in [5, 5.41) is 18.8. The van der Waals surface area contributed by atoms with Crippen LogP contribution in [0.2, 0.25) is 0 Å². The number of carbonyl (C=O) groups excluding carboxylic acids is 1. The van der Waals surface area contributed by atoms with E-state index in [-0.39, 0.29) is 17.5 Å². The van der Waals surface area contributed by atoms with Crippen LogP contribution in [-0.2, 0) is 16.2 Å². The Kier molecular flexibility index (Phi) is 7.45. The van der Waals surface area contributed by atoms with Crippen LogP contribution >= 0.6 is 11.8 Å². The zero-order valence-electron chi connectivity index (χ0n) is 16.3. The van der Waals surface area contributed by atoms with Crippen LogP contribution in [0.25, 0.3) is 0 Å². The van der Waals surface area contributed by atoms with Gasteiger partial charge in [0.15, 0.2) is 16.7 Å². The van der Waals surface area contributed by atoms with E-state index in [1.807, 2.05) is 43.3 Å². The second-order valence-corrected chi connectivity index (χ2v) is 7.45. The first kappa shape index (κ1) is 21.4. The van der Waals surface area contributed by atoms with Crippen molar-refractivity contribution in [2.75, 3.05) is 6.61 Å². The highest BCUT2D eigenvalue weighted by Gasteiger charge is 2.32. The molecule has 0 aliphatic carbocycles. The van der Waals surface area contributed by atoms with Gasteiger partial charge in [-0.2, -0.15) is 5.10 Å². The van der Waals surface area contributed by atoms with Crippen LogP contribution in [0, 0.1) is 0 Å². The van der Waals surface area contributed by atoms with Gasteiger partial charge in [0.05, 0.1) is 19.2 Å². The molecule has 0 bridgehead atoms. The highest BCUT2D eigenvalue weighted by atomic mass is 32.2. The van der Waals surface area contributed by atoms with Crippen molar-refractivity contribution in [2.45, 2.75) is 25.2 Å². The van der Waals surface area contributed by atoms with Gasteiger partial charge in [-0.1, -0.05) is 42.1 Å². The van der Waals surface area contributed by atoms with E-state index < -0.39 is 11.2 Å². The Morgan fingerprint density at radius 3 is 2.73 bits per heavy atom. The number of nitrogens with one attached hydrogen (secondary N) is 1. The Hall–Kier alpha value is -3.33. The number of ether oxygens (including phenoxy) is 2. The van der Waals surface area contributed by atoms with Crippen molar-refractivity contribution in [1.82, 2.24) is 5.32 Å². The molecule has 156 valence electrons. The molecule has 0 radical (unpaired) electrons. The van der Waals surface area contributed by atoms with Gasteiger partial charge < -0.3 is 19.9 Å². The fourth-order valence-corrected chi connectivity index (χ4v) is 3.54. The number of nitrogens with zero attached hydrogens (tertiary/aromatic N) is 2. The van der Waals surface area contributed by atoms with Crippen LogP contribution in [0.3, 0.4) is 0 Å². The van der Waals surface area contributed by atoms with Gasteiger partial charge in [-0.05, 0) is 36.2 Å². The summed E-state index contributed by atoms with van der Waals surface area (Å²) in [6.45, 7) is 2.80. The summed E-state index contributed by atoms with van der Waals surface area (Å²) in [6, 6.07) is 15.3. The SMILES string of the molecule is CCOc1cc(/C=N\N=C2\NC(=O)[C@H](CC(=O)O)S2)ccc1OCc1ccccc1. The second kappa shape index (κ2) is 10.4. The van der Waals surface area contributed by atoms with Gasteiger partial charge in [0.25, 0.3) is 0 Å². The lowest BCUT2D eigenvalue weighted by atomic mass is 10.2. The van der Waals surface area contributed by atoms with E-state index in [2.05, 4.69) is 15.5 Å². The lowest BCUT2D eigenvalue weighted by Crippen LogP contribution is -2.26. The minimum Gasteiger partial charge on any atom is -0.490 e. The Labute approximate surface area is 178 Å². The van der Waals surface area contributed by atoms with E-state index in [1.54, 1.807) is 12.1 Å². The molecule has 1 aliphatic rings. The molecule has 1 aliphatic heterocycles. The van der Waals surface area contributed by atoms with Gasteiger partial charge in [0, 0.05) is 0 Å². The number of carbonyl (C=O) groups is 2. The van der Waals surface area contributed by atoms with Gasteiger partial charge in [-0.25, -0.2) is 0 Å². The smallest absolute Gasteiger partial charge is 0.305 e. The number of aliphatic carboxylic acids is 1. The zero-order chi connectivity index (χ0) is 21.3. The normalized spacial score (nSPS) is 17.3. The quantitative estimate of drug-likeness (QED) is 0.470. The lowest BCUT2D eigenvalue weighted by Gasteiger charge is -2.12. The van der Waals surface area contributed by atoms with Crippen molar-refractivity contribution in [3.8, 4) is 11.5 Å². The summed E-state index contributed by atoms with van der Waals surface area (Å²) in [7, 11) is 0. The summed E-state index contributed by atoms with van der Waals surface area (Å²) in [5.41, 5.74) is 1.80.